The average molecular weight is 191 g/mol. The summed E-state index contributed by atoms with van der Waals surface area (Å²) in [5, 5.41) is 9.28. The van der Waals surface area contributed by atoms with E-state index in [1.54, 1.807) is 6.20 Å². The van der Waals surface area contributed by atoms with Crippen LogP contribution in [0.15, 0.2) is 29.2 Å². The Kier molecular flexibility index (Phi) is 2.06. The maximum Gasteiger partial charge on any atom is 0.325 e. The number of nitrogens with one attached hydrogen (secondary N) is 2. The van der Waals surface area contributed by atoms with Crippen molar-refractivity contribution in [2.45, 2.75) is 6.42 Å². The van der Waals surface area contributed by atoms with Gasteiger partial charge in [0.05, 0.1) is 5.69 Å². The summed E-state index contributed by atoms with van der Waals surface area (Å²) in [5.74, 6) is -0.124. The molecule has 5 heteroatoms. The fraction of sp³-hybridized carbons (Fsp3) is 0.111. The first-order valence-electron chi connectivity index (χ1n) is 4.16. The van der Waals surface area contributed by atoms with Crippen LogP contribution in [0.2, 0.25) is 0 Å². The first kappa shape index (κ1) is 8.55. The number of aromatic hydroxyl groups is 1. The van der Waals surface area contributed by atoms with Crippen molar-refractivity contribution in [3.8, 4) is 5.88 Å². The Morgan fingerprint density at radius 2 is 2.21 bits per heavy atom. The smallest absolute Gasteiger partial charge is 0.325 e. The summed E-state index contributed by atoms with van der Waals surface area (Å²) < 4.78 is 0. The van der Waals surface area contributed by atoms with Crippen LogP contribution >= 0.6 is 0 Å². The number of nitrogens with zero attached hydrogens (tertiary/aromatic N) is 1. The van der Waals surface area contributed by atoms with Crippen LogP contribution in [0.1, 0.15) is 11.4 Å². The zero-order valence-corrected chi connectivity index (χ0v) is 7.32. The van der Waals surface area contributed by atoms with Crippen molar-refractivity contribution in [2.75, 3.05) is 0 Å². The third-order valence-corrected chi connectivity index (χ3v) is 1.87. The van der Waals surface area contributed by atoms with Gasteiger partial charge in [0.1, 0.15) is 0 Å². The standard InChI is InChI=1S/C9H9N3O2/c13-8-7(11-9(14)12-8)5-6-3-1-2-4-10-6/h1-4,13H,5H2,(H2,11,12,14). The van der Waals surface area contributed by atoms with E-state index >= 15 is 0 Å². The van der Waals surface area contributed by atoms with Gasteiger partial charge in [0.25, 0.3) is 0 Å². The number of H-pyrrole nitrogens is 2. The van der Waals surface area contributed by atoms with Crippen molar-refractivity contribution in [3.05, 3.63) is 46.3 Å². The molecule has 14 heavy (non-hydrogen) atoms. The molecule has 0 amide bonds. The monoisotopic (exact) mass is 191 g/mol. The lowest BCUT2D eigenvalue weighted by Gasteiger charge is -1.96. The third kappa shape index (κ3) is 1.66. The number of rotatable bonds is 2. The Labute approximate surface area is 79.5 Å². The highest BCUT2D eigenvalue weighted by atomic mass is 16.3. The van der Waals surface area contributed by atoms with Crippen LogP contribution < -0.4 is 5.69 Å². The van der Waals surface area contributed by atoms with Crippen molar-refractivity contribution in [3.63, 3.8) is 0 Å². The van der Waals surface area contributed by atoms with E-state index in [9.17, 15) is 9.90 Å². The van der Waals surface area contributed by atoms with Gasteiger partial charge in [-0.1, -0.05) is 6.07 Å². The van der Waals surface area contributed by atoms with Crippen LogP contribution in [-0.4, -0.2) is 20.1 Å². The van der Waals surface area contributed by atoms with Gasteiger partial charge in [0.15, 0.2) is 0 Å². The van der Waals surface area contributed by atoms with E-state index in [1.165, 1.54) is 0 Å². The van der Waals surface area contributed by atoms with Crippen molar-refractivity contribution in [2.24, 2.45) is 0 Å². The molecule has 0 bridgehead atoms. The Hall–Kier alpha value is -2.04. The van der Waals surface area contributed by atoms with Crippen LogP contribution in [-0.2, 0) is 6.42 Å². The second-order valence-electron chi connectivity index (χ2n) is 2.90. The first-order valence-corrected chi connectivity index (χ1v) is 4.16. The predicted octanol–water partition coefficient (Wildman–Crippen LogP) is 0.394. The number of aromatic amines is 2. The molecule has 0 aliphatic carbocycles. The molecule has 5 nitrogen and oxygen atoms in total. The van der Waals surface area contributed by atoms with Gasteiger partial charge >= 0.3 is 5.69 Å². The second kappa shape index (κ2) is 3.37. The van der Waals surface area contributed by atoms with Crippen LogP contribution in [0.4, 0.5) is 0 Å². The zero-order chi connectivity index (χ0) is 9.97. The van der Waals surface area contributed by atoms with Crippen LogP contribution in [0.5, 0.6) is 5.88 Å². The summed E-state index contributed by atoms with van der Waals surface area (Å²) in [6, 6.07) is 5.48. The summed E-state index contributed by atoms with van der Waals surface area (Å²) in [4.78, 5) is 19.6. The molecule has 0 unspecified atom stereocenters. The molecule has 0 radical (unpaired) electrons. The summed E-state index contributed by atoms with van der Waals surface area (Å²) in [7, 11) is 0. The molecule has 2 aromatic heterocycles. The molecule has 72 valence electrons. The molecule has 0 aliphatic rings. The van der Waals surface area contributed by atoms with E-state index in [0.29, 0.717) is 12.1 Å². The zero-order valence-electron chi connectivity index (χ0n) is 7.32. The Balaban J connectivity index is 2.27. The van der Waals surface area contributed by atoms with E-state index in [2.05, 4.69) is 15.0 Å². The number of aromatic nitrogens is 3. The summed E-state index contributed by atoms with van der Waals surface area (Å²) in [6.45, 7) is 0. The molecule has 0 spiro atoms. The van der Waals surface area contributed by atoms with Crippen molar-refractivity contribution in [1.82, 2.24) is 15.0 Å². The normalized spacial score (nSPS) is 10.3. The highest BCUT2D eigenvalue weighted by molar-refractivity contribution is 5.22. The summed E-state index contributed by atoms with van der Waals surface area (Å²) in [6.07, 6.45) is 2.07. The van der Waals surface area contributed by atoms with Gasteiger partial charge in [-0.25, -0.2) is 4.79 Å². The number of imidazole rings is 1. The Bertz CT molecular complexity index is 472. The molecule has 0 saturated carbocycles. The topological polar surface area (TPSA) is 81.8 Å². The van der Waals surface area contributed by atoms with Crippen molar-refractivity contribution < 1.29 is 5.11 Å². The molecule has 2 aromatic rings. The lowest BCUT2D eigenvalue weighted by molar-refractivity contribution is 0.449. The number of hydrogen-bond donors (Lipinski definition) is 3. The average Bonchev–Trinajstić information content (AvgIpc) is 2.47. The van der Waals surface area contributed by atoms with E-state index in [0.717, 1.165) is 5.69 Å². The molecule has 0 saturated heterocycles. The van der Waals surface area contributed by atoms with Gasteiger partial charge in [0.2, 0.25) is 5.88 Å². The lowest BCUT2D eigenvalue weighted by Crippen LogP contribution is -2.01. The SMILES string of the molecule is O=c1[nH]c(O)c(Cc2ccccn2)[nH]1. The van der Waals surface area contributed by atoms with Crippen LogP contribution in [0, 0.1) is 0 Å². The predicted molar refractivity (Wildman–Crippen MR) is 50.1 cm³/mol. The van der Waals surface area contributed by atoms with Gasteiger partial charge in [-0.05, 0) is 12.1 Å². The van der Waals surface area contributed by atoms with E-state index in [1.807, 2.05) is 18.2 Å². The van der Waals surface area contributed by atoms with Crippen molar-refractivity contribution >= 4 is 0 Å². The molecule has 0 aromatic carbocycles. The molecule has 0 fully saturated rings. The van der Waals surface area contributed by atoms with Gasteiger partial charge in [-0.15, -0.1) is 0 Å². The molecule has 2 rings (SSSR count). The van der Waals surface area contributed by atoms with Crippen molar-refractivity contribution in [1.29, 1.82) is 0 Å². The molecular weight excluding hydrogens is 182 g/mol. The van der Waals surface area contributed by atoms with Gasteiger partial charge in [-0.2, -0.15) is 0 Å². The summed E-state index contributed by atoms with van der Waals surface area (Å²) in [5.41, 5.74) is 0.834. The lowest BCUT2D eigenvalue weighted by atomic mass is 10.2. The fourth-order valence-electron chi connectivity index (χ4n) is 1.22. The number of pyridine rings is 1. The first-order chi connectivity index (χ1) is 6.75. The highest BCUT2D eigenvalue weighted by Gasteiger charge is 2.06. The Morgan fingerprint density at radius 1 is 1.36 bits per heavy atom. The number of hydrogen-bond acceptors (Lipinski definition) is 3. The largest absolute Gasteiger partial charge is 0.493 e. The molecule has 3 N–H and O–H groups in total. The third-order valence-electron chi connectivity index (χ3n) is 1.87. The van der Waals surface area contributed by atoms with Gasteiger partial charge in [0, 0.05) is 18.3 Å². The maximum atomic E-state index is 10.8. The van der Waals surface area contributed by atoms with Crippen LogP contribution in [0.25, 0.3) is 0 Å². The molecule has 0 atom stereocenters. The minimum atomic E-state index is -0.409. The highest BCUT2D eigenvalue weighted by Crippen LogP contribution is 2.11. The quantitative estimate of drug-likeness (QED) is 0.642. The second-order valence-corrected chi connectivity index (χ2v) is 2.90. The fourth-order valence-corrected chi connectivity index (χ4v) is 1.22. The van der Waals surface area contributed by atoms with E-state index < -0.39 is 5.69 Å². The molecular formula is C9H9N3O2. The molecule has 2 heterocycles. The van der Waals surface area contributed by atoms with E-state index in [4.69, 9.17) is 0 Å². The minimum Gasteiger partial charge on any atom is -0.493 e. The van der Waals surface area contributed by atoms with Gasteiger partial charge in [-0.3, -0.25) is 9.97 Å². The van der Waals surface area contributed by atoms with Crippen LogP contribution in [0.3, 0.4) is 0 Å². The summed E-state index contributed by atoms with van der Waals surface area (Å²) >= 11 is 0. The van der Waals surface area contributed by atoms with Gasteiger partial charge < -0.3 is 10.1 Å². The molecule has 0 aliphatic heterocycles. The maximum absolute atomic E-state index is 10.8. The van der Waals surface area contributed by atoms with E-state index in [-0.39, 0.29) is 5.88 Å². The Morgan fingerprint density at radius 3 is 2.79 bits per heavy atom. The minimum absolute atomic E-state index is 0.124.